The molecule has 2 unspecified atom stereocenters. The van der Waals surface area contributed by atoms with Gasteiger partial charge >= 0.3 is 0 Å². The predicted molar refractivity (Wildman–Crippen MR) is 121 cm³/mol. The Hall–Kier alpha value is -2.01. The van der Waals surface area contributed by atoms with Crippen molar-refractivity contribution < 1.29 is 24.8 Å². The van der Waals surface area contributed by atoms with Gasteiger partial charge < -0.3 is 9.72 Å². The Balaban J connectivity index is 0.00000245. The fraction of sp³-hybridized carbons (Fsp3) is 0.462. The fourth-order valence-electron chi connectivity index (χ4n) is 4.18. The molecule has 0 saturated carbocycles. The number of pyridine rings is 1. The zero-order chi connectivity index (χ0) is 22.0. The van der Waals surface area contributed by atoms with E-state index in [0.717, 1.165) is 41.3 Å². The number of rotatable bonds is 2. The van der Waals surface area contributed by atoms with E-state index in [4.69, 9.17) is 24.7 Å². The van der Waals surface area contributed by atoms with Gasteiger partial charge in [0.05, 0.1) is 12.2 Å². The largest absolute Gasteiger partial charge is 0.377 e. The van der Waals surface area contributed by atoms with Crippen molar-refractivity contribution in [3.8, 4) is 22.6 Å². The van der Waals surface area contributed by atoms with Crippen LogP contribution in [0.5, 0.6) is 0 Å². The standard InChI is InChI=1S/C26H29N4O.Ir/c1-25(2,3)23-28-22(29-24(30-23)26(4,5)6)16-8-10-19(27-14-16)15-7-9-17-18(13-15)21-12-11-20(17)31-21;/h8-10,13-14,20-21H,11-12H2,1-6H3;/q-1;. The number of aromatic nitrogens is 4. The van der Waals surface area contributed by atoms with Crippen molar-refractivity contribution >= 4 is 0 Å². The van der Waals surface area contributed by atoms with Crippen LogP contribution >= 0.6 is 0 Å². The molecule has 4 heterocycles. The minimum Gasteiger partial charge on any atom is -0.377 e. The number of fused-ring (bicyclic) bond motifs is 5. The van der Waals surface area contributed by atoms with E-state index >= 15 is 0 Å². The smallest absolute Gasteiger partial charge is 0.164 e. The predicted octanol–water partition coefficient (Wildman–Crippen LogP) is 5.90. The van der Waals surface area contributed by atoms with E-state index in [9.17, 15) is 0 Å². The van der Waals surface area contributed by atoms with Gasteiger partial charge in [-0.05, 0) is 18.5 Å². The van der Waals surface area contributed by atoms with Crippen molar-refractivity contribution in [2.75, 3.05) is 0 Å². The third-order valence-electron chi connectivity index (χ3n) is 6.00. The van der Waals surface area contributed by atoms with Crippen molar-refractivity contribution in [2.24, 2.45) is 0 Å². The maximum absolute atomic E-state index is 6.02. The molecule has 0 amide bonds. The van der Waals surface area contributed by atoms with Gasteiger partial charge in [-0.3, -0.25) is 0 Å². The molecule has 2 bridgehead atoms. The van der Waals surface area contributed by atoms with Crippen LogP contribution in [0.3, 0.4) is 0 Å². The maximum Gasteiger partial charge on any atom is 0.164 e. The fourth-order valence-corrected chi connectivity index (χ4v) is 4.18. The van der Waals surface area contributed by atoms with E-state index in [2.05, 4.69) is 59.7 Å². The molecule has 169 valence electrons. The maximum atomic E-state index is 6.02. The molecule has 6 heteroatoms. The van der Waals surface area contributed by atoms with Gasteiger partial charge in [-0.25, -0.2) is 15.0 Å². The van der Waals surface area contributed by atoms with Gasteiger partial charge in [0, 0.05) is 42.7 Å². The van der Waals surface area contributed by atoms with Gasteiger partial charge in [0.2, 0.25) is 0 Å². The molecule has 5 nitrogen and oxygen atoms in total. The first-order valence-electron chi connectivity index (χ1n) is 11.0. The molecule has 32 heavy (non-hydrogen) atoms. The van der Waals surface area contributed by atoms with Crippen LogP contribution in [-0.2, 0) is 35.7 Å². The Morgan fingerprint density at radius 2 is 1.50 bits per heavy atom. The Bertz CT molecular complexity index is 1110. The van der Waals surface area contributed by atoms with Crippen LogP contribution in [0.15, 0.2) is 30.5 Å². The molecule has 1 saturated heterocycles. The molecular formula is C26H29IrN4O-. The minimum absolute atomic E-state index is 0. The summed E-state index contributed by atoms with van der Waals surface area (Å²) < 4.78 is 6.02. The summed E-state index contributed by atoms with van der Waals surface area (Å²) in [6.45, 7) is 12.7. The molecule has 0 spiro atoms. The summed E-state index contributed by atoms with van der Waals surface area (Å²) in [5.74, 6) is 2.27. The second-order valence-corrected chi connectivity index (χ2v) is 10.7. The Kier molecular flexibility index (Phi) is 5.85. The minimum atomic E-state index is -0.161. The molecule has 0 aliphatic carbocycles. The molecule has 5 rings (SSSR count). The van der Waals surface area contributed by atoms with Crippen molar-refractivity contribution in [1.29, 1.82) is 0 Å². The second kappa shape index (κ2) is 8.09. The molecule has 2 aliphatic rings. The van der Waals surface area contributed by atoms with E-state index in [1.54, 1.807) is 0 Å². The summed E-state index contributed by atoms with van der Waals surface area (Å²) in [5.41, 5.74) is 5.07. The molecule has 2 aromatic heterocycles. The van der Waals surface area contributed by atoms with Gasteiger partial charge in [-0.1, -0.05) is 64.8 Å². The summed E-state index contributed by atoms with van der Waals surface area (Å²) in [7, 11) is 0. The van der Waals surface area contributed by atoms with Crippen LogP contribution in [0.2, 0.25) is 0 Å². The molecule has 2 aliphatic heterocycles. The zero-order valence-electron chi connectivity index (χ0n) is 19.5. The quantitative estimate of drug-likeness (QED) is 0.341. The number of benzene rings is 1. The van der Waals surface area contributed by atoms with E-state index < -0.39 is 0 Å². The summed E-state index contributed by atoms with van der Waals surface area (Å²) in [5, 5.41) is 0. The summed E-state index contributed by atoms with van der Waals surface area (Å²) in [6.07, 6.45) is 4.59. The topological polar surface area (TPSA) is 60.8 Å². The van der Waals surface area contributed by atoms with Crippen LogP contribution in [0, 0.1) is 6.07 Å². The number of hydrogen-bond acceptors (Lipinski definition) is 5. The molecule has 2 atom stereocenters. The van der Waals surface area contributed by atoms with Crippen LogP contribution in [-0.4, -0.2) is 19.9 Å². The summed E-state index contributed by atoms with van der Waals surface area (Å²) in [6, 6.07) is 11.8. The average Bonchev–Trinajstić information content (AvgIpc) is 3.35. The number of ether oxygens (including phenoxy) is 1. The SMILES string of the molecule is CC(C)(C)c1nc(-c2ccc(-c3[c-]cc4c(c3)C3CCC4O3)nc2)nc(C(C)(C)C)n1.[Ir]. The monoisotopic (exact) mass is 606 g/mol. The molecular weight excluding hydrogens is 577 g/mol. The molecule has 1 radical (unpaired) electrons. The first-order chi connectivity index (χ1) is 14.6. The van der Waals surface area contributed by atoms with Crippen LogP contribution in [0.25, 0.3) is 22.6 Å². The number of hydrogen-bond donors (Lipinski definition) is 0. The molecule has 1 aromatic carbocycles. The van der Waals surface area contributed by atoms with Crippen LogP contribution in [0.1, 0.15) is 89.4 Å². The summed E-state index contributed by atoms with van der Waals surface area (Å²) >= 11 is 0. The Morgan fingerprint density at radius 1 is 0.875 bits per heavy atom. The van der Waals surface area contributed by atoms with E-state index in [1.165, 1.54) is 11.1 Å². The van der Waals surface area contributed by atoms with Gasteiger partial charge in [0.1, 0.15) is 11.6 Å². The molecule has 1 fully saturated rings. The van der Waals surface area contributed by atoms with Crippen LogP contribution < -0.4 is 0 Å². The zero-order valence-corrected chi connectivity index (χ0v) is 21.9. The van der Waals surface area contributed by atoms with E-state index in [-0.39, 0.29) is 43.1 Å². The Labute approximate surface area is 203 Å². The van der Waals surface area contributed by atoms with Crippen molar-refractivity contribution in [2.45, 2.75) is 77.4 Å². The molecule has 3 aromatic rings. The molecule has 0 N–H and O–H groups in total. The van der Waals surface area contributed by atoms with Gasteiger partial charge in [-0.2, -0.15) is 0 Å². The first-order valence-corrected chi connectivity index (χ1v) is 11.0. The average molecular weight is 606 g/mol. The first kappa shape index (κ1) is 23.2. The van der Waals surface area contributed by atoms with Crippen molar-refractivity contribution in [3.05, 3.63) is 59.3 Å². The van der Waals surface area contributed by atoms with Crippen molar-refractivity contribution in [3.63, 3.8) is 0 Å². The third-order valence-corrected chi connectivity index (χ3v) is 6.00. The van der Waals surface area contributed by atoms with Gasteiger partial charge in [0.25, 0.3) is 0 Å². The van der Waals surface area contributed by atoms with Gasteiger partial charge in [-0.15, -0.1) is 23.8 Å². The normalized spacial score (nSPS) is 19.6. The van der Waals surface area contributed by atoms with Gasteiger partial charge in [0.15, 0.2) is 5.82 Å². The van der Waals surface area contributed by atoms with E-state index in [1.807, 2.05) is 18.3 Å². The Morgan fingerprint density at radius 3 is 2.06 bits per heavy atom. The van der Waals surface area contributed by atoms with E-state index in [0.29, 0.717) is 5.82 Å². The summed E-state index contributed by atoms with van der Waals surface area (Å²) in [4.78, 5) is 19.0. The number of nitrogens with zero attached hydrogens (tertiary/aromatic N) is 4. The van der Waals surface area contributed by atoms with Crippen molar-refractivity contribution in [1.82, 2.24) is 19.9 Å². The second-order valence-electron chi connectivity index (χ2n) is 10.7. The third kappa shape index (κ3) is 4.16. The van der Waals surface area contributed by atoms with Crippen LogP contribution in [0.4, 0.5) is 0 Å².